The molecule has 0 fully saturated rings. The molecule has 2 atom stereocenters. The smallest absolute Gasteiger partial charge is 0.367 e. The fourth-order valence-electron chi connectivity index (χ4n) is 1.85. The third-order valence-electron chi connectivity index (χ3n) is 3.05. The maximum atomic E-state index is 11.5. The molecule has 0 saturated carbocycles. The molecule has 0 saturated heterocycles. The molecule has 0 spiro atoms. The lowest BCUT2D eigenvalue weighted by molar-refractivity contribution is -0.896. The SMILES string of the molecule is C=C(C)C(=O)OP(=O)(O)OCCCC(CC)[N+](C)(C)C. The fourth-order valence-corrected chi connectivity index (χ4v) is 2.62. The van der Waals surface area contributed by atoms with Gasteiger partial charge in [-0.15, -0.1) is 0 Å². The second kappa shape index (κ2) is 7.93. The zero-order chi connectivity index (χ0) is 16.0. The average Bonchev–Trinajstić information content (AvgIpc) is 2.26. The van der Waals surface area contributed by atoms with Gasteiger partial charge in [0, 0.05) is 12.0 Å². The number of phosphoric acid groups is 1. The summed E-state index contributed by atoms with van der Waals surface area (Å²) in [7, 11) is 2.01. The minimum atomic E-state index is -4.33. The molecule has 0 aliphatic heterocycles. The van der Waals surface area contributed by atoms with Crippen molar-refractivity contribution in [2.45, 2.75) is 39.2 Å². The number of carbonyl (C=O) groups excluding carboxylic acids is 1. The monoisotopic (exact) mass is 308 g/mol. The van der Waals surface area contributed by atoms with Gasteiger partial charge >= 0.3 is 13.8 Å². The van der Waals surface area contributed by atoms with E-state index in [4.69, 9.17) is 4.52 Å². The summed E-state index contributed by atoms with van der Waals surface area (Å²) in [6, 6.07) is 0.453. The molecule has 0 heterocycles. The lowest BCUT2D eigenvalue weighted by atomic mass is 10.1. The molecule has 0 radical (unpaired) electrons. The van der Waals surface area contributed by atoms with Crippen LogP contribution in [0.3, 0.4) is 0 Å². The standard InChI is InChI=1S/C13H26NO5P/c1-7-12(14(4,5)6)9-8-10-18-20(16,17)19-13(15)11(2)3/h12H,2,7-10H2,1,3-6H3/p+1. The van der Waals surface area contributed by atoms with Gasteiger partial charge < -0.3 is 9.01 Å². The van der Waals surface area contributed by atoms with E-state index in [1.54, 1.807) is 0 Å². The number of hydrogen-bond donors (Lipinski definition) is 1. The number of phosphoric ester groups is 1. The van der Waals surface area contributed by atoms with Crippen molar-refractivity contribution in [1.29, 1.82) is 0 Å². The lowest BCUT2D eigenvalue weighted by Crippen LogP contribution is -2.44. The van der Waals surface area contributed by atoms with E-state index in [1.165, 1.54) is 6.92 Å². The van der Waals surface area contributed by atoms with Crippen molar-refractivity contribution >= 4 is 13.8 Å². The Labute approximate surface area is 121 Å². The van der Waals surface area contributed by atoms with Crippen LogP contribution in [-0.2, 0) is 18.4 Å². The predicted molar refractivity (Wildman–Crippen MR) is 78.0 cm³/mol. The van der Waals surface area contributed by atoms with E-state index in [0.29, 0.717) is 12.5 Å². The molecule has 0 amide bonds. The maximum absolute atomic E-state index is 11.5. The van der Waals surface area contributed by atoms with Crippen LogP contribution in [0.5, 0.6) is 0 Å². The van der Waals surface area contributed by atoms with E-state index in [2.05, 4.69) is 39.2 Å². The lowest BCUT2D eigenvalue weighted by Gasteiger charge is -2.33. The van der Waals surface area contributed by atoms with E-state index in [9.17, 15) is 14.3 Å². The summed E-state index contributed by atoms with van der Waals surface area (Å²) in [5.74, 6) is -0.923. The molecule has 0 aliphatic carbocycles. The van der Waals surface area contributed by atoms with Crippen molar-refractivity contribution in [3.63, 3.8) is 0 Å². The Balaban J connectivity index is 4.14. The molecule has 0 aliphatic rings. The van der Waals surface area contributed by atoms with E-state index >= 15 is 0 Å². The van der Waals surface area contributed by atoms with Gasteiger partial charge in [0.2, 0.25) is 0 Å². The molecule has 6 nitrogen and oxygen atoms in total. The molecule has 0 bridgehead atoms. The van der Waals surface area contributed by atoms with Crippen molar-refractivity contribution in [1.82, 2.24) is 0 Å². The predicted octanol–water partition coefficient (Wildman–Crippen LogP) is 2.49. The highest BCUT2D eigenvalue weighted by atomic mass is 31.2. The molecule has 20 heavy (non-hydrogen) atoms. The van der Waals surface area contributed by atoms with Crippen LogP contribution in [0, 0.1) is 0 Å². The van der Waals surface area contributed by atoms with Crippen molar-refractivity contribution in [3.8, 4) is 0 Å². The highest BCUT2D eigenvalue weighted by Gasteiger charge is 2.27. The summed E-state index contributed by atoms with van der Waals surface area (Å²) < 4.78 is 21.4. The summed E-state index contributed by atoms with van der Waals surface area (Å²) in [6.07, 6.45) is 2.52. The topological polar surface area (TPSA) is 72.8 Å². The van der Waals surface area contributed by atoms with Crippen LogP contribution in [0.4, 0.5) is 0 Å². The van der Waals surface area contributed by atoms with Crippen molar-refractivity contribution in [2.75, 3.05) is 27.7 Å². The molecular weight excluding hydrogens is 281 g/mol. The fraction of sp³-hybridized carbons (Fsp3) is 0.769. The summed E-state index contributed by atoms with van der Waals surface area (Å²) in [5.41, 5.74) is 0.0546. The number of hydrogen-bond acceptors (Lipinski definition) is 4. The Hall–Kier alpha value is -0.680. The first-order valence-corrected chi connectivity index (χ1v) is 8.17. The first-order valence-electron chi connectivity index (χ1n) is 6.67. The highest BCUT2D eigenvalue weighted by molar-refractivity contribution is 7.48. The van der Waals surface area contributed by atoms with Crippen molar-refractivity contribution in [2.24, 2.45) is 0 Å². The molecule has 0 aromatic rings. The summed E-state index contributed by atoms with van der Waals surface area (Å²) in [6.45, 7) is 6.92. The van der Waals surface area contributed by atoms with Crippen LogP contribution >= 0.6 is 7.82 Å². The number of rotatable bonds is 9. The van der Waals surface area contributed by atoms with Gasteiger partial charge in [-0.25, -0.2) is 9.36 Å². The van der Waals surface area contributed by atoms with Gasteiger partial charge in [-0.05, 0) is 19.8 Å². The third kappa shape index (κ3) is 7.80. The van der Waals surface area contributed by atoms with E-state index in [0.717, 1.165) is 17.3 Å². The van der Waals surface area contributed by atoms with Gasteiger partial charge in [-0.1, -0.05) is 13.5 Å². The Morgan fingerprint density at radius 1 is 1.40 bits per heavy atom. The molecule has 1 N–H and O–H groups in total. The third-order valence-corrected chi connectivity index (χ3v) is 3.95. The molecule has 2 unspecified atom stereocenters. The van der Waals surface area contributed by atoms with E-state index in [-0.39, 0.29) is 12.2 Å². The zero-order valence-electron chi connectivity index (χ0n) is 13.1. The van der Waals surface area contributed by atoms with Gasteiger partial charge in [0.05, 0.1) is 33.8 Å². The van der Waals surface area contributed by atoms with Gasteiger partial charge in [-0.2, -0.15) is 0 Å². The molecular formula is C13H27NO5P+. The summed E-state index contributed by atoms with van der Waals surface area (Å²) in [4.78, 5) is 20.5. The number of quaternary nitrogens is 1. The average molecular weight is 308 g/mol. The van der Waals surface area contributed by atoms with Crippen molar-refractivity contribution in [3.05, 3.63) is 12.2 Å². The van der Waals surface area contributed by atoms with Crippen LogP contribution in [0.15, 0.2) is 12.2 Å². The molecule has 0 aromatic carbocycles. The minimum absolute atomic E-state index is 0.0546. The first kappa shape index (κ1) is 19.3. The molecule has 7 heteroatoms. The first-order chi connectivity index (χ1) is 8.99. The van der Waals surface area contributed by atoms with Crippen molar-refractivity contribution < 1.29 is 27.8 Å². The second-order valence-corrected chi connectivity index (χ2v) is 7.16. The van der Waals surface area contributed by atoms with Gasteiger partial charge in [0.1, 0.15) is 0 Å². The number of nitrogens with zero attached hydrogens (tertiary/aromatic N) is 1. The zero-order valence-corrected chi connectivity index (χ0v) is 14.0. The van der Waals surface area contributed by atoms with Crippen LogP contribution in [0.1, 0.15) is 33.1 Å². The van der Waals surface area contributed by atoms with Gasteiger partial charge in [-0.3, -0.25) is 9.42 Å². The molecule has 118 valence electrons. The van der Waals surface area contributed by atoms with Crippen LogP contribution < -0.4 is 0 Å². The van der Waals surface area contributed by atoms with Crippen LogP contribution in [-0.4, -0.2) is 49.1 Å². The van der Waals surface area contributed by atoms with Crippen LogP contribution in [0.25, 0.3) is 0 Å². The van der Waals surface area contributed by atoms with E-state index < -0.39 is 13.8 Å². The van der Waals surface area contributed by atoms with E-state index in [1.807, 2.05) is 0 Å². The highest BCUT2D eigenvalue weighted by Crippen LogP contribution is 2.44. The van der Waals surface area contributed by atoms with Gasteiger partial charge in [0.25, 0.3) is 0 Å². The number of carbonyl (C=O) groups is 1. The quantitative estimate of drug-likeness (QED) is 0.307. The Kier molecular flexibility index (Phi) is 7.66. The Bertz CT molecular complexity index is 389. The molecule has 0 aromatic heterocycles. The Morgan fingerprint density at radius 3 is 2.35 bits per heavy atom. The van der Waals surface area contributed by atoms with Gasteiger partial charge in [0.15, 0.2) is 0 Å². The largest absolute Gasteiger partial charge is 0.529 e. The summed E-state index contributed by atoms with van der Waals surface area (Å²) in [5, 5.41) is 0. The normalized spacial score (nSPS) is 16.3. The Morgan fingerprint density at radius 2 is 1.95 bits per heavy atom. The maximum Gasteiger partial charge on any atom is 0.529 e. The molecule has 0 rings (SSSR count). The van der Waals surface area contributed by atoms with Crippen LogP contribution in [0.2, 0.25) is 0 Å². The summed E-state index contributed by atoms with van der Waals surface area (Å²) >= 11 is 0. The minimum Gasteiger partial charge on any atom is -0.367 e. The second-order valence-electron chi connectivity index (χ2n) is 5.78.